The molecule has 1 N–H and O–H groups in total. The van der Waals surface area contributed by atoms with Crippen LogP contribution in [0.2, 0.25) is 0 Å². The van der Waals surface area contributed by atoms with Crippen molar-refractivity contribution in [1.29, 1.82) is 0 Å². The van der Waals surface area contributed by atoms with E-state index in [9.17, 15) is 18.0 Å². The minimum Gasteiger partial charge on any atom is -0.497 e. The van der Waals surface area contributed by atoms with Gasteiger partial charge >= 0.3 is 0 Å². The van der Waals surface area contributed by atoms with Crippen molar-refractivity contribution in [3.63, 3.8) is 0 Å². The van der Waals surface area contributed by atoms with E-state index in [1.807, 2.05) is 12.1 Å². The van der Waals surface area contributed by atoms with Crippen LogP contribution in [0.5, 0.6) is 11.5 Å². The Morgan fingerprint density at radius 3 is 2.20 bits per heavy atom. The lowest BCUT2D eigenvalue weighted by molar-refractivity contribution is -0.139. The van der Waals surface area contributed by atoms with Gasteiger partial charge in [0.05, 0.1) is 24.8 Å². The fourth-order valence-corrected chi connectivity index (χ4v) is 6.38. The molecule has 41 heavy (non-hydrogen) atoms. The zero-order valence-corrected chi connectivity index (χ0v) is 24.5. The largest absolute Gasteiger partial charge is 0.497 e. The smallest absolute Gasteiger partial charge is 0.264 e. The third-order valence-electron chi connectivity index (χ3n) is 7.31. The first-order chi connectivity index (χ1) is 19.7. The molecule has 0 spiro atoms. The lowest BCUT2D eigenvalue weighted by Crippen LogP contribution is -2.52. The fraction of sp³-hybridized carbons (Fsp3) is 0.355. The molecule has 1 aliphatic carbocycles. The van der Waals surface area contributed by atoms with Gasteiger partial charge < -0.3 is 19.7 Å². The maximum absolute atomic E-state index is 14.1. The second-order valence-corrected chi connectivity index (χ2v) is 11.9. The number of ether oxygens (including phenoxy) is 2. The standard InChI is InChI=1S/C31H37N3O6S/c1-23(31(36)32-25-12-7-8-13-25)33(21-24-11-9-15-27(19-24)39-2)30(35)22-34(26-14-10-16-28(20-26)40-3)41(37,38)29-17-5-4-6-18-29/h4-6,9-11,14-20,23,25H,7-8,12-13,21-22H2,1-3H3,(H,32,36)/t23-/m1/s1. The van der Waals surface area contributed by atoms with Gasteiger partial charge in [0.1, 0.15) is 24.1 Å². The maximum atomic E-state index is 14.1. The number of hydrogen-bond acceptors (Lipinski definition) is 6. The lowest BCUT2D eigenvalue weighted by Gasteiger charge is -2.32. The van der Waals surface area contributed by atoms with Crippen LogP contribution in [-0.2, 0) is 26.2 Å². The van der Waals surface area contributed by atoms with Crippen LogP contribution >= 0.6 is 0 Å². The highest BCUT2D eigenvalue weighted by Gasteiger charge is 2.33. The van der Waals surface area contributed by atoms with Crippen molar-refractivity contribution in [2.75, 3.05) is 25.1 Å². The number of anilines is 1. The summed E-state index contributed by atoms with van der Waals surface area (Å²) in [5.41, 5.74) is 1.02. The van der Waals surface area contributed by atoms with Crippen LogP contribution in [0, 0.1) is 0 Å². The minimum absolute atomic E-state index is 0.0435. The number of sulfonamides is 1. The Balaban J connectivity index is 1.70. The molecule has 0 bridgehead atoms. The van der Waals surface area contributed by atoms with E-state index in [0.717, 1.165) is 35.6 Å². The third-order valence-corrected chi connectivity index (χ3v) is 9.10. The Morgan fingerprint density at radius 2 is 1.54 bits per heavy atom. The molecule has 0 aliphatic heterocycles. The summed E-state index contributed by atoms with van der Waals surface area (Å²) >= 11 is 0. The summed E-state index contributed by atoms with van der Waals surface area (Å²) in [6.45, 7) is 1.24. The van der Waals surface area contributed by atoms with Crippen LogP contribution < -0.4 is 19.1 Å². The molecular weight excluding hydrogens is 542 g/mol. The van der Waals surface area contributed by atoms with E-state index in [1.165, 1.54) is 24.1 Å². The summed E-state index contributed by atoms with van der Waals surface area (Å²) in [5.74, 6) is 0.264. The van der Waals surface area contributed by atoms with Crippen molar-refractivity contribution in [2.24, 2.45) is 0 Å². The minimum atomic E-state index is -4.15. The molecule has 0 radical (unpaired) electrons. The highest BCUT2D eigenvalue weighted by atomic mass is 32.2. The van der Waals surface area contributed by atoms with Crippen molar-refractivity contribution >= 4 is 27.5 Å². The number of nitrogens with one attached hydrogen (secondary N) is 1. The second-order valence-electron chi connectivity index (χ2n) is 10.1. The molecule has 3 aromatic carbocycles. The number of methoxy groups -OCH3 is 2. The van der Waals surface area contributed by atoms with Gasteiger partial charge in [0.15, 0.2) is 0 Å². The molecule has 2 amide bonds. The molecule has 1 fully saturated rings. The van der Waals surface area contributed by atoms with E-state index in [-0.39, 0.29) is 29.1 Å². The second kappa shape index (κ2) is 13.5. The van der Waals surface area contributed by atoms with Crippen LogP contribution in [0.15, 0.2) is 83.8 Å². The molecule has 218 valence electrons. The zero-order valence-electron chi connectivity index (χ0n) is 23.7. The number of amides is 2. The third kappa shape index (κ3) is 7.38. The summed E-state index contributed by atoms with van der Waals surface area (Å²) in [7, 11) is -1.10. The Bertz CT molecular complexity index is 1440. The normalized spacial score (nSPS) is 14.2. The van der Waals surface area contributed by atoms with E-state index in [1.54, 1.807) is 68.6 Å². The molecule has 0 unspecified atom stereocenters. The van der Waals surface area contributed by atoms with Crippen molar-refractivity contribution in [3.8, 4) is 11.5 Å². The molecule has 9 nitrogen and oxygen atoms in total. The molecule has 0 saturated heterocycles. The number of carbonyl (C=O) groups is 2. The lowest BCUT2D eigenvalue weighted by atomic mass is 10.1. The number of hydrogen-bond donors (Lipinski definition) is 1. The topological polar surface area (TPSA) is 105 Å². The molecule has 3 aromatic rings. The molecule has 0 aromatic heterocycles. The number of carbonyl (C=O) groups excluding carboxylic acids is 2. The summed E-state index contributed by atoms with van der Waals surface area (Å²) in [4.78, 5) is 28.9. The van der Waals surface area contributed by atoms with E-state index in [4.69, 9.17) is 9.47 Å². The Hall–Kier alpha value is -4.05. The van der Waals surface area contributed by atoms with Gasteiger partial charge in [-0.2, -0.15) is 0 Å². The molecule has 1 aliphatic rings. The van der Waals surface area contributed by atoms with E-state index in [2.05, 4.69) is 5.32 Å². The first-order valence-electron chi connectivity index (χ1n) is 13.7. The fourth-order valence-electron chi connectivity index (χ4n) is 4.96. The SMILES string of the molecule is COc1cccc(CN(C(=O)CN(c2cccc(OC)c2)S(=O)(=O)c2ccccc2)[C@H](C)C(=O)NC2CCCC2)c1. The van der Waals surface area contributed by atoms with Gasteiger partial charge in [0, 0.05) is 18.7 Å². The predicted molar refractivity (Wildman–Crippen MR) is 157 cm³/mol. The highest BCUT2D eigenvalue weighted by molar-refractivity contribution is 7.92. The molecular formula is C31H37N3O6S. The average Bonchev–Trinajstić information content (AvgIpc) is 3.51. The molecule has 4 rings (SSSR count). The van der Waals surface area contributed by atoms with Gasteiger partial charge in [0.2, 0.25) is 11.8 Å². The Morgan fingerprint density at radius 1 is 0.902 bits per heavy atom. The molecule has 10 heteroatoms. The van der Waals surface area contributed by atoms with Crippen LogP contribution in [-0.4, -0.2) is 58.0 Å². The molecule has 1 atom stereocenters. The quantitative estimate of drug-likeness (QED) is 0.342. The first kappa shape index (κ1) is 29.9. The predicted octanol–water partition coefficient (Wildman–Crippen LogP) is 4.38. The van der Waals surface area contributed by atoms with Crippen molar-refractivity contribution < 1.29 is 27.5 Å². The van der Waals surface area contributed by atoms with Crippen LogP contribution in [0.4, 0.5) is 5.69 Å². The van der Waals surface area contributed by atoms with E-state index < -0.39 is 28.5 Å². The first-order valence-corrected chi connectivity index (χ1v) is 15.1. The van der Waals surface area contributed by atoms with Crippen molar-refractivity contribution in [3.05, 3.63) is 84.4 Å². The van der Waals surface area contributed by atoms with Crippen LogP contribution in [0.25, 0.3) is 0 Å². The van der Waals surface area contributed by atoms with Crippen LogP contribution in [0.3, 0.4) is 0 Å². The van der Waals surface area contributed by atoms with Gasteiger partial charge in [-0.3, -0.25) is 13.9 Å². The average molecular weight is 580 g/mol. The summed E-state index contributed by atoms with van der Waals surface area (Å²) in [6.07, 6.45) is 3.92. The van der Waals surface area contributed by atoms with Gasteiger partial charge in [0.25, 0.3) is 10.0 Å². The monoisotopic (exact) mass is 579 g/mol. The van der Waals surface area contributed by atoms with E-state index >= 15 is 0 Å². The molecule has 1 saturated carbocycles. The van der Waals surface area contributed by atoms with Gasteiger partial charge in [-0.15, -0.1) is 0 Å². The zero-order chi connectivity index (χ0) is 29.4. The van der Waals surface area contributed by atoms with Gasteiger partial charge in [-0.05, 0) is 61.7 Å². The number of benzene rings is 3. The molecule has 0 heterocycles. The van der Waals surface area contributed by atoms with E-state index in [0.29, 0.717) is 11.5 Å². The van der Waals surface area contributed by atoms with Crippen molar-refractivity contribution in [2.45, 2.75) is 56.1 Å². The number of nitrogens with zero attached hydrogens (tertiary/aromatic N) is 2. The number of rotatable bonds is 12. The maximum Gasteiger partial charge on any atom is 0.264 e. The Labute approximate surface area is 242 Å². The summed E-state index contributed by atoms with van der Waals surface area (Å²) in [6, 6.07) is 20.9. The van der Waals surface area contributed by atoms with Gasteiger partial charge in [-0.25, -0.2) is 8.42 Å². The summed E-state index contributed by atoms with van der Waals surface area (Å²) in [5, 5.41) is 3.07. The summed E-state index contributed by atoms with van der Waals surface area (Å²) < 4.78 is 39.5. The van der Waals surface area contributed by atoms with Crippen molar-refractivity contribution in [1.82, 2.24) is 10.2 Å². The van der Waals surface area contributed by atoms with Gasteiger partial charge in [-0.1, -0.05) is 49.2 Å². The highest BCUT2D eigenvalue weighted by Crippen LogP contribution is 2.28. The Kier molecular flexibility index (Phi) is 9.88. The van der Waals surface area contributed by atoms with Crippen LogP contribution in [0.1, 0.15) is 38.2 Å².